The van der Waals surface area contributed by atoms with Gasteiger partial charge in [-0.2, -0.15) is 0 Å². The maximum Gasteiger partial charge on any atom is 0.251 e. The van der Waals surface area contributed by atoms with Crippen molar-refractivity contribution >= 4 is 28.3 Å². The first kappa shape index (κ1) is 18.2. The highest BCUT2D eigenvalue weighted by Gasteiger charge is 2.35. The summed E-state index contributed by atoms with van der Waals surface area (Å²) >= 11 is 0. The zero-order chi connectivity index (χ0) is 15.7. The minimum atomic E-state index is -3.54. The van der Waals surface area contributed by atoms with Crippen molar-refractivity contribution < 1.29 is 13.2 Å². The van der Waals surface area contributed by atoms with Crippen molar-refractivity contribution in [1.29, 1.82) is 0 Å². The van der Waals surface area contributed by atoms with Gasteiger partial charge in [0, 0.05) is 30.7 Å². The minimum absolute atomic E-state index is 0. The normalized spacial score (nSPS) is 26.4. The monoisotopic (exact) mass is 359 g/mol. The zero-order valence-electron chi connectivity index (χ0n) is 12.9. The fourth-order valence-electron chi connectivity index (χ4n) is 3.37. The standard InChI is InChI=1S/C15H21N3O3S.ClH/c1-16-15(19)10-2-6-14(7-3-10)22(20,21)18-13-8-11-4-5-12(9-13)17-11;/h2-3,6-7,11-13,17-18H,4-5,8-9H2,1H3,(H,16,19);1H. The molecule has 0 aromatic heterocycles. The van der Waals surface area contributed by atoms with Crippen molar-refractivity contribution in [3.05, 3.63) is 29.8 Å². The Morgan fingerprint density at radius 1 is 1.13 bits per heavy atom. The van der Waals surface area contributed by atoms with E-state index >= 15 is 0 Å². The summed E-state index contributed by atoms with van der Waals surface area (Å²) in [5.74, 6) is -0.230. The number of carbonyl (C=O) groups excluding carboxylic acids is 1. The quantitative estimate of drug-likeness (QED) is 0.749. The van der Waals surface area contributed by atoms with Crippen LogP contribution in [0, 0.1) is 0 Å². The largest absolute Gasteiger partial charge is 0.355 e. The van der Waals surface area contributed by atoms with Crippen LogP contribution in [0.2, 0.25) is 0 Å². The highest BCUT2D eigenvalue weighted by atomic mass is 35.5. The molecular weight excluding hydrogens is 338 g/mol. The van der Waals surface area contributed by atoms with Crippen LogP contribution in [0.3, 0.4) is 0 Å². The van der Waals surface area contributed by atoms with Crippen LogP contribution in [-0.2, 0) is 10.0 Å². The van der Waals surface area contributed by atoms with E-state index in [1.807, 2.05) is 0 Å². The average Bonchev–Trinajstić information content (AvgIpc) is 2.85. The Morgan fingerprint density at radius 3 is 2.22 bits per heavy atom. The summed E-state index contributed by atoms with van der Waals surface area (Å²) < 4.78 is 27.7. The van der Waals surface area contributed by atoms with Crippen LogP contribution in [0.5, 0.6) is 0 Å². The van der Waals surface area contributed by atoms with E-state index in [9.17, 15) is 13.2 Å². The minimum Gasteiger partial charge on any atom is -0.355 e. The molecule has 0 spiro atoms. The highest BCUT2D eigenvalue weighted by Crippen LogP contribution is 2.27. The van der Waals surface area contributed by atoms with Crippen LogP contribution in [0.4, 0.5) is 0 Å². The Bertz CT molecular complexity index is 651. The second kappa shape index (κ2) is 7.17. The van der Waals surface area contributed by atoms with Gasteiger partial charge in [-0.05, 0) is 49.9 Å². The van der Waals surface area contributed by atoms with Crippen molar-refractivity contribution in [2.24, 2.45) is 0 Å². The van der Waals surface area contributed by atoms with E-state index in [0.29, 0.717) is 17.6 Å². The molecule has 128 valence electrons. The first-order chi connectivity index (χ1) is 10.5. The highest BCUT2D eigenvalue weighted by molar-refractivity contribution is 7.89. The molecule has 3 rings (SSSR count). The Labute approximate surface area is 142 Å². The van der Waals surface area contributed by atoms with Crippen molar-refractivity contribution in [3.8, 4) is 0 Å². The van der Waals surface area contributed by atoms with Gasteiger partial charge in [-0.15, -0.1) is 12.4 Å². The molecular formula is C15H22ClN3O3S. The summed E-state index contributed by atoms with van der Waals surface area (Å²) in [6, 6.07) is 6.86. The SMILES string of the molecule is CNC(=O)c1ccc(S(=O)(=O)NC2CC3CCC(C2)N3)cc1.Cl. The third kappa shape index (κ3) is 4.03. The van der Waals surface area contributed by atoms with E-state index in [1.165, 1.54) is 24.3 Å². The summed E-state index contributed by atoms with van der Waals surface area (Å²) in [5.41, 5.74) is 0.446. The van der Waals surface area contributed by atoms with E-state index in [2.05, 4.69) is 15.4 Å². The number of fused-ring (bicyclic) bond motifs is 2. The molecule has 2 unspecified atom stereocenters. The number of hydrogen-bond acceptors (Lipinski definition) is 4. The van der Waals surface area contributed by atoms with E-state index in [1.54, 1.807) is 7.05 Å². The number of hydrogen-bond donors (Lipinski definition) is 3. The predicted octanol–water partition coefficient (Wildman–Crippen LogP) is 1.03. The number of rotatable bonds is 4. The maximum atomic E-state index is 12.5. The number of nitrogens with one attached hydrogen (secondary N) is 3. The molecule has 3 N–H and O–H groups in total. The van der Waals surface area contributed by atoms with Crippen LogP contribution in [0.1, 0.15) is 36.0 Å². The molecule has 1 aromatic rings. The molecule has 0 aliphatic carbocycles. The van der Waals surface area contributed by atoms with Crippen LogP contribution in [0.15, 0.2) is 29.2 Å². The lowest BCUT2D eigenvalue weighted by Crippen LogP contribution is -2.47. The molecule has 0 saturated carbocycles. The molecule has 2 saturated heterocycles. The Kier molecular flexibility index (Phi) is 5.67. The van der Waals surface area contributed by atoms with Gasteiger partial charge in [0.2, 0.25) is 10.0 Å². The van der Waals surface area contributed by atoms with Crippen molar-refractivity contribution in [2.45, 2.75) is 48.7 Å². The predicted molar refractivity (Wildman–Crippen MR) is 90.4 cm³/mol. The maximum absolute atomic E-state index is 12.5. The Balaban J connectivity index is 0.00000192. The summed E-state index contributed by atoms with van der Waals surface area (Å²) in [7, 11) is -2.00. The molecule has 2 aliphatic rings. The lowest BCUT2D eigenvalue weighted by Gasteiger charge is -2.29. The molecule has 8 heteroatoms. The average molecular weight is 360 g/mol. The zero-order valence-corrected chi connectivity index (χ0v) is 14.5. The van der Waals surface area contributed by atoms with Gasteiger partial charge < -0.3 is 10.6 Å². The smallest absolute Gasteiger partial charge is 0.251 e. The topological polar surface area (TPSA) is 87.3 Å². The van der Waals surface area contributed by atoms with Gasteiger partial charge in [-0.1, -0.05) is 0 Å². The van der Waals surface area contributed by atoms with Crippen LogP contribution in [0.25, 0.3) is 0 Å². The molecule has 2 aliphatic heterocycles. The van der Waals surface area contributed by atoms with Crippen molar-refractivity contribution in [3.63, 3.8) is 0 Å². The van der Waals surface area contributed by atoms with Gasteiger partial charge in [0.1, 0.15) is 0 Å². The molecule has 1 amide bonds. The number of benzene rings is 1. The van der Waals surface area contributed by atoms with Gasteiger partial charge in [-0.25, -0.2) is 13.1 Å². The van der Waals surface area contributed by atoms with Gasteiger partial charge in [-0.3, -0.25) is 4.79 Å². The fourth-order valence-corrected chi connectivity index (χ4v) is 4.63. The number of halogens is 1. The fraction of sp³-hybridized carbons (Fsp3) is 0.533. The number of piperidine rings is 1. The molecule has 2 fully saturated rings. The van der Waals surface area contributed by atoms with Gasteiger partial charge in [0.05, 0.1) is 4.90 Å². The third-order valence-electron chi connectivity index (χ3n) is 4.45. The molecule has 23 heavy (non-hydrogen) atoms. The first-order valence-electron chi connectivity index (χ1n) is 7.58. The van der Waals surface area contributed by atoms with Crippen LogP contribution >= 0.6 is 12.4 Å². The van der Waals surface area contributed by atoms with E-state index in [0.717, 1.165) is 25.7 Å². The number of carbonyl (C=O) groups is 1. The lowest BCUT2D eigenvalue weighted by atomic mass is 10.0. The second-order valence-corrected chi connectivity index (χ2v) is 7.74. The van der Waals surface area contributed by atoms with E-state index in [4.69, 9.17) is 0 Å². The number of sulfonamides is 1. The third-order valence-corrected chi connectivity index (χ3v) is 5.99. The van der Waals surface area contributed by atoms with Crippen LogP contribution in [-0.4, -0.2) is 39.5 Å². The summed E-state index contributed by atoms with van der Waals surface area (Å²) in [6.45, 7) is 0. The lowest BCUT2D eigenvalue weighted by molar-refractivity contribution is 0.0963. The second-order valence-electron chi connectivity index (χ2n) is 6.03. The molecule has 0 radical (unpaired) electrons. The van der Waals surface area contributed by atoms with Crippen LogP contribution < -0.4 is 15.4 Å². The van der Waals surface area contributed by atoms with E-state index < -0.39 is 10.0 Å². The molecule has 2 bridgehead atoms. The molecule has 6 nitrogen and oxygen atoms in total. The first-order valence-corrected chi connectivity index (χ1v) is 9.07. The van der Waals surface area contributed by atoms with Gasteiger partial charge in [0.25, 0.3) is 5.91 Å². The Morgan fingerprint density at radius 2 is 1.70 bits per heavy atom. The van der Waals surface area contributed by atoms with E-state index in [-0.39, 0.29) is 29.3 Å². The summed E-state index contributed by atoms with van der Waals surface area (Å²) in [6.07, 6.45) is 3.94. The van der Waals surface area contributed by atoms with Gasteiger partial charge in [0.15, 0.2) is 0 Å². The summed E-state index contributed by atoms with van der Waals surface area (Å²) in [4.78, 5) is 11.7. The summed E-state index contributed by atoms with van der Waals surface area (Å²) in [5, 5.41) is 6.00. The molecule has 1 aromatic carbocycles. The Hall–Kier alpha value is -1.15. The van der Waals surface area contributed by atoms with Crippen molar-refractivity contribution in [1.82, 2.24) is 15.4 Å². The molecule has 2 atom stereocenters. The van der Waals surface area contributed by atoms with Crippen molar-refractivity contribution in [2.75, 3.05) is 7.05 Å². The van der Waals surface area contributed by atoms with Gasteiger partial charge >= 0.3 is 0 Å². The number of amides is 1. The molecule has 2 heterocycles.